The summed E-state index contributed by atoms with van der Waals surface area (Å²) in [7, 11) is 0. The van der Waals surface area contributed by atoms with Crippen LogP contribution in [0.2, 0.25) is 0 Å². The van der Waals surface area contributed by atoms with Crippen molar-refractivity contribution in [1.82, 2.24) is 0 Å². The Morgan fingerprint density at radius 3 is 1.30 bits per heavy atom. The van der Waals surface area contributed by atoms with Crippen molar-refractivity contribution in [2.75, 3.05) is 0 Å². The van der Waals surface area contributed by atoms with Crippen LogP contribution in [0.1, 0.15) is 59.1 Å². The van der Waals surface area contributed by atoms with Gasteiger partial charge in [-0.3, -0.25) is 0 Å². The molecule has 1 spiro atoms. The van der Waals surface area contributed by atoms with E-state index in [9.17, 15) is 0 Å². The maximum Gasteiger partial charge on any atom is 0.437 e. The van der Waals surface area contributed by atoms with Gasteiger partial charge in [0.05, 0.1) is 12.1 Å². The number of pyridine rings is 2. The van der Waals surface area contributed by atoms with Crippen molar-refractivity contribution < 1.29 is 23.3 Å². The molecule has 0 saturated heterocycles. The summed E-state index contributed by atoms with van der Waals surface area (Å²) < 4.78 is 25.0. The molecule has 44 heavy (non-hydrogen) atoms. The Labute approximate surface area is 255 Å². The second-order valence-electron chi connectivity index (χ2n) is 12.2. The van der Waals surface area contributed by atoms with Gasteiger partial charge in [0, 0.05) is 24.0 Å². The molecule has 2 aromatic heterocycles. The van der Waals surface area contributed by atoms with Crippen LogP contribution in [-0.4, -0.2) is 0 Å². The fraction of sp³-hybridized carbons (Fsp3) is 0.128. The lowest BCUT2D eigenvalue weighted by Crippen LogP contribution is -2.74. The van der Waals surface area contributed by atoms with Gasteiger partial charge in [0.2, 0.25) is 0 Å². The molecule has 0 N–H and O–H groups in total. The van der Waals surface area contributed by atoms with Gasteiger partial charge in [-0.05, 0) is 46.5 Å². The molecular weight excluding hydrogens is 544 g/mol. The first-order valence-electron chi connectivity index (χ1n) is 15.2. The highest BCUT2D eigenvalue weighted by Crippen LogP contribution is 2.59. The van der Waals surface area contributed by atoms with Crippen LogP contribution in [0.3, 0.4) is 0 Å². The Morgan fingerprint density at radius 1 is 0.455 bits per heavy atom. The third-order valence-corrected chi connectivity index (χ3v) is 9.94. The number of hydrogen-bond acceptors (Lipinski definition) is 3. The van der Waals surface area contributed by atoms with E-state index < -0.39 is 5.66 Å². The second kappa shape index (κ2) is 8.35. The summed E-state index contributed by atoms with van der Waals surface area (Å²) in [6.45, 7) is 4.54. The largest absolute Gasteiger partial charge is 0.455 e. The molecule has 4 aliphatic heterocycles. The molecule has 10 rings (SSSR count). The average molecular weight is 573 g/mol. The number of aromatic nitrogens is 2. The van der Waals surface area contributed by atoms with Crippen LogP contribution >= 0.6 is 0 Å². The van der Waals surface area contributed by atoms with E-state index in [0.717, 1.165) is 57.3 Å². The van der Waals surface area contributed by atoms with E-state index in [1.165, 1.54) is 22.3 Å². The van der Waals surface area contributed by atoms with E-state index >= 15 is 0 Å². The molecule has 4 aliphatic rings. The molecule has 6 heterocycles. The molecule has 2 atom stereocenters. The Bertz CT molecular complexity index is 2040. The highest BCUT2D eigenvalue weighted by molar-refractivity contribution is 5.68. The molecule has 0 saturated carbocycles. The van der Waals surface area contributed by atoms with E-state index in [2.05, 4.69) is 120 Å². The summed E-state index contributed by atoms with van der Waals surface area (Å²) >= 11 is 0. The van der Waals surface area contributed by atoms with Crippen molar-refractivity contribution in [2.24, 2.45) is 0 Å². The third-order valence-electron chi connectivity index (χ3n) is 9.94. The SMILES string of the molecule is CC(c1ccccc1)c1cc2[n+]3c(c1)-c1cc(C(C)c4ccccc4)cc4[n+]1C31c3c(cccc3O2)Oc2cccc(c21)O4. The predicted octanol–water partition coefficient (Wildman–Crippen LogP) is 8.16. The monoisotopic (exact) mass is 572 g/mol. The first-order valence-corrected chi connectivity index (χ1v) is 15.2. The normalized spacial score (nSPS) is 18.2. The summed E-state index contributed by atoms with van der Waals surface area (Å²) in [4.78, 5) is 0. The van der Waals surface area contributed by atoms with E-state index in [0.29, 0.717) is 0 Å². The molecule has 0 fully saturated rings. The highest BCUT2D eigenvalue weighted by Gasteiger charge is 2.75. The molecule has 0 amide bonds. The number of rotatable bonds is 4. The molecule has 6 aromatic rings. The lowest BCUT2D eigenvalue weighted by atomic mass is 9.83. The van der Waals surface area contributed by atoms with Crippen molar-refractivity contribution in [3.05, 3.63) is 155 Å². The number of ether oxygens (including phenoxy) is 3. The summed E-state index contributed by atoms with van der Waals surface area (Å²) in [6, 6.07) is 42.7. The lowest BCUT2D eigenvalue weighted by molar-refractivity contribution is -0.943. The van der Waals surface area contributed by atoms with Gasteiger partial charge in [-0.2, -0.15) is 0 Å². The Kier molecular flexibility index (Phi) is 4.57. The minimum Gasteiger partial charge on any atom is -0.455 e. The van der Waals surface area contributed by atoms with Crippen molar-refractivity contribution in [1.29, 1.82) is 0 Å². The Hall–Kier alpha value is -5.42. The zero-order chi connectivity index (χ0) is 29.2. The average Bonchev–Trinajstić information content (AvgIpc) is 3.36. The Morgan fingerprint density at radius 2 is 0.864 bits per heavy atom. The van der Waals surface area contributed by atoms with Crippen molar-refractivity contribution >= 4 is 0 Å². The van der Waals surface area contributed by atoms with E-state index in [-0.39, 0.29) is 11.8 Å². The maximum atomic E-state index is 6.82. The number of benzene rings is 4. The first kappa shape index (κ1) is 24.1. The smallest absolute Gasteiger partial charge is 0.437 e. The van der Waals surface area contributed by atoms with Crippen LogP contribution in [0.25, 0.3) is 11.4 Å². The fourth-order valence-electron chi connectivity index (χ4n) is 7.81. The van der Waals surface area contributed by atoms with Crippen LogP contribution in [0.5, 0.6) is 34.8 Å². The second-order valence-corrected chi connectivity index (χ2v) is 12.2. The summed E-state index contributed by atoms with van der Waals surface area (Å²) in [6.07, 6.45) is 0. The van der Waals surface area contributed by atoms with E-state index in [1.807, 2.05) is 24.3 Å². The topological polar surface area (TPSA) is 35.5 Å². The van der Waals surface area contributed by atoms with Crippen molar-refractivity contribution in [3.8, 4) is 46.1 Å². The Balaban J connectivity index is 1.33. The van der Waals surface area contributed by atoms with Gasteiger partial charge >= 0.3 is 17.4 Å². The molecule has 210 valence electrons. The molecule has 0 radical (unpaired) electrons. The van der Waals surface area contributed by atoms with Gasteiger partial charge in [-0.15, -0.1) is 0 Å². The van der Waals surface area contributed by atoms with Gasteiger partial charge in [-0.1, -0.05) is 95.8 Å². The minimum atomic E-state index is -0.745. The van der Waals surface area contributed by atoms with Crippen LogP contribution in [0.4, 0.5) is 0 Å². The molecule has 2 unspecified atom stereocenters. The molecule has 0 aliphatic carbocycles. The quantitative estimate of drug-likeness (QED) is 0.200. The lowest BCUT2D eigenvalue weighted by Gasteiger charge is -2.35. The molecule has 0 bridgehead atoms. The predicted molar refractivity (Wildman–Crippen MR) is 165 cm³/mol. The van der Waals surface area contributed by atoms with Crippen LogP contribution < -0.4 is 23.3 Å². The first-order chi connectivity index (χ1) is 21.6. The van der Waals surface area contributed by atoms with Gasteiger partial charge in [0.15, 0.2) is 22.6 Å². The summed E-state index contributed by atoms with van der Waals surface area (Å²) in [5, 5.41) is 0. The van der Waals surface area contributed by atoms with Gasteiger partial charge in [0.25, 0.3) is 11.4 Å². The van der Waals surface area contributed by atoms with Crippen LogP contribution in [-0.2, 0) is 5.66 Å². The zero-order valence-corrected chi connectivity index (χ0v) is 24.3. The zero-order valence-electron chi connectivity index (χ0n) is 24.3. The van der Waals surface area contributed by atoms with Crippen LogP contribution in [0, 0.1) is 0 Å². The molecule has 5 heteroatoms. The number of nitrogens with zero attached hydrogens (tertiary/aromatic N) is 2. The highest BCUT2D eigenvalue weighted by atomic mass is 16.5. The van der Waals surface area contributed by atoms with Crippen molar-refractivity contribution in [2.45, 2.75) is 31.3 Å². The maximum absolute atomic E-state index is 6.82. The van der Waals surface area contributed by atoms with Gasteiger partial charge in [0.1, 0.15) is 11.5 Å². The minimum absolute atomic E-state index is 0.171. The van der Waals surface area contributed by atoms with Gasteiger partial charge in [-0.25, -0.2) is 0 Å². The number of fused-ring (bicyclic) bond motifs is 1. The fourth-order valence-corrected chi connectivity index (χ4v) is 7.81. The number of hydrogen-bond donors (Lipinski definition) is 0. The van der Waals surface area contributed by atoms with E-state index in [1.54, 1.807) is 0 Å². The summed E-state index contributed by atoms with van der Waals surface area (Å²) in [5.74, 6) is 5.15. The third kappa shape index (κ3) is 2.89. The molecular formula is C39H28N2O3+2. The van der Waals surface area contributed by atoms with Crippen LogP contribution in [0.15, 0.2) is 121 Å². The summed E-state index contributed by atoms with van der Waals surface area (Å²) in [5.41, 5.74) is 8.37. The van der Waals surface area contributed by atoms with Gasteiger partial charge < -0.3 is 14.2 Å². The van der Waals surface area contributed by atoms with E-state index in [4.69, 9.17) is 14.2 Å². The molecule has 4 aromatic carbocycles. The standard InChI is InChI=1S/C39H28N2O3/c1-23(25-11-5-3-6-12-25)27-19-29-30-20-28(24(2)26-13-7-4-8-14-26)22-36-41(30)39-37-31(42-32-16-10-18-34(44-36)38(32)39)15-9-17-33(37)43-35(21-27)40(29)39/h3-24H,1-2H3/q+2. The van der Waals surface area contributed by atoms with Crippen molar-refractivity contribution in [3.63, 3.8) is 0 Å². The molecule has 5 nitrogen and oxygen atoms in total.